The van der Waals surface area contributed by atoms with Crippen LogP contribution in [0, 0.1) is 0 Å². The molecule has 0 aromatic heterocycles. The number of hydrogen-bond donors (Lipinski definition) is 2. The van der Waals surface area contributed by atoms with Gasteiger partial charge in [0.15, 0.2) is 0 Å². The molecule has 0 saturated carbocycles. The third-order valence-electron chi connectivity index (χ3n) is 2.13. The molecule has 3 N–H and O–H groups in total. The molecule has 3 nitrogen and oxygen atoms in total. The highest BCUT2D eigenvalue weighted by molar-refractivity contribution is 8.01. The number of carboxylic acids is 1. The van der Waals surface area contributed by atoms with Crippen LogP contribution >= 0.6 is 23.5 Å². The third-order valence-corrected chi connectivity index (χ3v) is 4.60. The maximum absolute atomic E-state index is 10.7. The number of thioether (sulfide) groups is 2. The lowest BCUT2D eigenvalue weighted by atomic mass is 10.1. The molecular formula is C10H21NO2S2. The number of carbonyl (C=O) groups is 1. The van der Waals surface area contributed by atoms with Gasteiger partial charge in [0.05, 0.1) is 0 Å². The van der Waals surface area contributed by atoms with Crippen LogP contribution in [0.2, 0.25) is 0 Å². The van der Waals surface area contributed by atoms with Gasteiger partial charge in [-0.1, -0.05) is 6.92 Å². The predicted octanol–water partition coefficient (Wildman–Crippen LogP) is 2.05. The lowest BCUT2D eigenvalue weighted by molar-refractivity contribution is -0.139. The van der Waals surface area contributed by atoms with Crippen LogP contribution < -0.4 is 5.73 Å². The smallest absolute Gasteiger partial charge is 0.321 e. The number of aliphatic carboxylic acids is 1. The first kappa shape index (κ1) is 15.1. The Morgan fingerprint density at radius 2 is 2.07 bits per heavy atom. The van der Waals surface area contributed by atoms with E-state index < -0.39 is 12.0 Å². The summed E-state index contributed by atoms with van der Waals surface area (Å²) in [5.41, 5.74) is 5.61. The average molecular weight is 251 g/mol. The van der Waals surface area contributed by atoms with Gasteiger partial charge in [0.25, 0.3) is 0 Å². The molecule has 0 heterocycles. The van der Waals surface area contributed by atoms with Gasteiger partial charge in [-0.3, -0.25) is 4.79 Å². The minimum absolute atomic E-state index is 0.386. The zero-order chi connectivity index (χ0) is 11.9. The normalized spacial score (nSPS) is 13.9. The van der Waals surface area contributed by atoms with Crippen molar-refractivity contribution < 1.29 is 9.90 Å². The third kappa shape index (κ3) is 6.33. The Balaban J connectivity index is 3.78. The molecule has 0 bridgehead atoms. The standard InChI is InChI=1S/C10H21NO2S2/c1-4-14-6-5-7-15-10(2,3)8(11)9(12)13/h8H,4-7,11H2,1-3H3,(H,12,13)/t8-/m1/s1. The minimum Gasteiger partial charge on any atom is -0.480 e. The summed E-state index contributed by atoms with van der Waals surface area (Å²) in [5, 5.41) is 8.82. The summed E-state index contributed by atoms with van der Waals surface area (Å²) < 4.78 is -0.386. The first-order valence-corrected chi connectivity index (χ1v) is 7.26. The Morgan fingerprint density at radius 3 is 2.53 bits per heavy atom. The number of rotatable bonds is 8. The van der Waals surface area contributed by atoms with Gasteiger partial charge < -0.3 is 10.8 Å². The van der Waals surface area contributed by atoms with Crippen LogP contribution in [-0.2, 0) is 4.79 Å². The second-order valence-corrected chi connectivity index (χ2v) is 6.96. The first-order chi connectivity index (χ1) is 6.91. The quantitative estimate of drug-likeness (QED) is 0.647. The van der Waals surface area contributed by atoms with Crippen molar-refractivity contribution in [3.8, 4) is 0 Å². The van der Waals surface area contributed by atoms with Gasteiger partial charge in [-0.15, -0.1) is 0 Å². The summed E-state index contributed by atoms with van der Waals surface area (Å²) in [7, 11) is 0. The molecule has 0 aromatic carbocycles. The van der Waals surface area contributed by atoms with E-state index in [1.807, 2.05) is 25.6 Å². The van der Waals surface area contributed by atoms with E-state index >= 15 is 0 Å². The van der Waals surface area contributed by atoms with E-state index in [1.54, 1.807) is 11.8 Å². The monoisotopic (exact) mass is 251 g/mol. The highest BCUT2D eigenvalue weighted by Gasteiger charge is 2.32. The Hall–Kier alpha value is 0.130. The van der Waals surface area contributed by atoms with E-state index in [-0.39, 0.29) is 4.75 Å². The molecule has 0 aliphatic carbocycles. The van der Waals surface area contributed by atoms with Gasteiger partial charge in [0, 0.05) is 4.75 Å². The first-order valence-electron chi connectivity index (χ1n) is 5.12. The molecular weight excluding hydrogens is 230 g/mol. The molecule has 90 valence electrons. The Labute approximate surface area is 101 Å². The molecule has 15 heavy (non-hydrogen) atoms. The predicted molar refractivity (Wildman–Crippen MR) is 69.8 cm³/mol. The molecule has 0 aliphatic rings. The molecule has 0 saturated heterocycles. The van der Waals surface area contributed by atoms with E-state index in [0.717, 1.165) is 23.7 Å². The Morgan fingerprint density at radius 1 is 1.47 bits per heavy atom. The molecule has 0 fully saturated rings. The van der Waals surface area contributed by atoms with Crippen molar-refractivity contribution in [3.63, 3.8) is 0 Å². The van der Waals surface area contributed by atoms with Crippen molar-refractivity contribution in [1.29, 1.82) is 0 Å². The van der Waals surface area contributed by atoms with Crippen molar-refractivity contribution in [1.82, 2.24) is 0 Å². The fourth-order valence-corrected chi connectivity index (χ4v) is 2.94. The molecule has 0 aromatic rings. The van der Waals surface area contributed by atoms with E-state index in [4.69, 9.17) is 10.8 Å². The van der Waals surface area contributed by atoms with E-state index in [0.29, 0.717) is 0 Å². The van der Waals surface area contributed by atoms with Gasteiger partial charge in [0.2, 0.25) is 0 Å². The number of carboxylic acid groups (broad SMARTS) is 1. The van der Waals surface area contributed by atoms with Crippen LogP contribution in [0.3, 0.4) is 0 Å². The van der Waals surface area contributed by atoms with Crippen LogP contribution in [0.1, 0.15) is 27.2 Å². The summed E-state index contributed by atoms with van der Waals surface area (Å²) in [4.78, 5) is 10.7. The van der Waals surface area contributed by atoms with Crippen LogP contribution in [0.5, 0.6) is 0 Å². The summed E-state index contributed by atoms with van der Waals surface area (Å²) in [6.07, 6.45) is 1.11. The molecule has 1 atom stereocenters. The highest BCUT2D eigenvalue weighted by atomic mass is 32.2. The molecule has 0 radical (unpaired) electrons. The second-order valence-electron chi connectivity index (χ2n) is 3.82. The molecule has 0 spiro atoms. The summed E-state index contributed by atoms with van der Waals surface area (Å²) in [6, 6.07) is -0.790. The van der Waals surface area contributed by atoms with Crippen LogP contribution in [0.15, 0.2) is 0 Å². The summed E-state index contributed by atoms with van der Waals surface area (Å²) in [6.45, 7) is 5.93. The molecule has 5 heteroatoms. The Bertz CT molecular complexity index is 198. The van der Waals surface area contributed by atoms with Crippen molar-refractivity contribution in [3.05, 3.63) is 0 Å². The zero-order valence-electron chi connectivity index (χ0n) is 9.66. The maximum Gasteiger partial charge on any atom is 0.321 e. The average Bonchev–Trinajstić information content (AvgIpc) is 2.16. The van der Waals surface area contributed by atoms with Gasteiger partial charge in [0.1, 0.15) is 6.04 Å². The number of nitrogens with two attached hydrogens (primary N) is 1. The highest BCUT2D eigenvalue weighted by Crippen LogP contribution is 2.28. The van der Waals surface area contributed by atoms with Crippen molar-refractivity contribution in [2.24, 2.45) is 5.73 Å². The van der Waals surface area contributed by atoms with Gasteiger partial charge in [-0.2, -0.15) is 23.5 Å². The van der Waals surface area contributed by atoms with Gasteiger partial charge in [-0.05, 0) is 37.5 Å². The molecule has 0 amide bonds. The minimum atomic E-state index is -0.921. The Kier molecular flexibility index (Phi) is 7.48. The molecule has 0 aliphatic heterocycles. The van der Waals surface area contributed by atoms with Crippen molar-refractivity contribution in [2.75, 3.05) is 17.3 Å². The largest absolute Gasteiger partial charge is 0.480 e. The summed E-state index contributed by atoms with van der Waals surface area (Å²) in [5.74, 6) is 2.33. The van der Waals surface area contributed by atoms with E-state index in [1.165, 1.54) is 0 Å². The topological polar surface area (TPSA) is 63.3 Å². The van der Waals surface area contributed by atoms with E-state index in [9.17, 15) is 4.79 Å². The fourth-order valence-electron chi connectivity index (χ4n) is 1.03. The van der Waals surface area contributed by atoms with Crippen LogP contribution in [0.25, 0.3) is 0 Å². The lowest BCUT2D eigenvalue weighted by Gasteiger charge is -2.27. The fraction of sp³-hybridized carbons (Fsp3) is 0.900. The van der Waals surface area contributed by atoms with Crippen molar-refractivity contribution in [2.45, 2.75) is 38.0 Å². The van der Waals surface area contributed by atoms with Gasteiger partial charge >= 0.3 is 5.97 Å². The summed E-state index contributed by atoms with van der Waals surface area (Å²) >= 11 is 3.56. The lowest BCUT2D eigenvalue weighted by Crippen LogP contribution is -2.46. The molecule has 0 rings (SSSR count). The molecule has 0 unspecified atom stereocenters. The van der Waals surface area contributed by atoms with Crippen LogP contribution in [0.4, 0.5) is 0 Å². The van der Waals surface area contributed by atoms with Gasteiger partial charge in [-0.25, -0.2) is 0 Å². The van der Waals surface area contributed by atoms with E-state index in [2.05, 4.69) is 6.92 Å². The zero-order valence-corrected chi connectivity index (χ0v) is 11.3. The van der Waals surface area contributed by atoms with Crippen molar-refractivity contribution >= 4 is 29.5 Å². The maximum atomic E-state index is 10.7. The van der Waals surface area contributed by atoms with Crippen LogP contribution in [-0.4, -0.2) is 39.1 Å². The number of hydrogen-bond acceptors (Lipinski definition) is 4. The second kappa shape index (κ2) is 7.41. The SMILES string of the molecule is CCSCCCSC(C)(C)[C@H](N)C(=O)O.